The quantitative estimate of drug-likeness (QED) is 0.357. The number of benzene rings is 2. The maximum absolute atomic E-state index is 13.7. The number of carbonyl (C=O) groups excluding carboxylic acids is 2. The van der Waals surface area contributed by atoms with Crippen molar-refractivity contribution in [2.24, 2.45) is 0 Å². The lowest BCUT2D eigenvalue weighted by atomic mass is 10.1. The molecule has 178 valence electrons. The summed E-state index contributed by atoms with van der Waals surface area (Å²) in [6, 6.07) is 12.8. The molecular weight excluding hydrogens is 439 g/mol. The Bertz CT molecular complexity index is 1200. The predicted molar refractivity (Wildman–Crippen MR) is 126 cm³/mol. The van der Waals surface area contributed by atoms with Crippen molar-refractivity contribution in [3.05, 3.63) is 76.7 Å². The molecule has 0 aliphatic heterocycles. The SMILES string of the molecule is COCCOc1ccc(C(=O)NCC(=O)c2ccc(OC)c(-c3ccc(F)c(C)c3)n2)cc1C. The molecule has 0 aliphatic rings. The summed E-state index contributed by atoms with van der Waals surface area (Å²) in [6.45, 7) is 4.13. The molecule has 34 heavy (non-hydrogen) atoms. The van der Waals surface area contributed by atoms with Gasteiger partial charge in [-0.25, -0.2) is 9.37 Å². The van der Waals surface area contributed by atoms with E-state index in [1.165, 1.54) is 19.2 Å². The standard InChI is InChI=1S/C26H27FN2O5/c1-16-13-18(5-7-20(16)27)25-24(33-4)10-8-21(29-25)22(30)15-28-26(31)19-6-9-23(17(2)14-19)34-12-11-32-3/h5-10,13-14H,11-12,15H2,1-4H3,(H,28,31). The minimum Gasteiger partial charge on any atom is -0.494 e. The summed E-state index contributed by atoms with van der Waals surface area (Å²) in [5, 5.41) is 2.63. The molecule has 3 aromatic rings. The number of pyridine rings is 1. The van der Waals surface area contributed by atoms with E-state index in [-0.39, 0.29) is 29.7 Å². The van der Waals surface area contributed by atoms with Crippen LogP contribution >= 0.6 is 0 Å². The number of carbonyl (C=O) groups is 2. The summed E-state index contributed by atoms with van der Waals surface area (Å²) in [4.78, 5) is 29.7. The van der Waals surface area contributed by atoms with Crippen molar-refractivity contribution in [2.75, 3.05) is 34.0 Å². The first-order chi connectivity index (χ1) is 16.3. The van der Waals surface area contributed by atoms with Gasteiger partial charge in [0.15, 0.2) is 5.78 Å². The number of rotatable bonds is 10. The molecule has 1 amide bonds. The fraction of sp³-hybridized carbons (Fsp3) is 0.269. The van der Waals surface area contributed by atoms with E-state index in [1.807, 2.05) is 6.92 Å². The van der Waals surface area contributed by atoms with Gasteiger partial charge in [-0.05, 0) is 73.5 Å². The van der Waals surface area contributed by atoms with E-state index in [1.54, 1.807) is 50.4 Å². The summed E-state index contributed by atoms with van der Waals surface area (Å²) in [6.07, 6.45) is 0. The van der Waals surface area contributed by atoms with Crippen LogP contribution in [0.15, 0.2) is 48.5 Å². The highest BCUT2D eigenvalue weighted by Gasteiger charge is 2.16. The lowest BCUT2D eigenvalue weighted by Gasteiger charge is -2.12. The minimum atomic E-state index is -0.386. The lowest BCUT2D eigenvalue weighted by Crippen LogP contribution is -2.30. The third kappa shape index (κ3) is 5.96. The number of ether oxygens (including phenoxy) is 3. The normalized spacial score (nSPS) is 10.6. The van der Waals surface area contributed by atoms with Crippen LogP contribution in [0.2, 0.25) is 0 Å². The van der Waals surface area contributed by atoms with Crippen molar-refractivity contribution < 1.29 is 28.2 Å². The Morgan fingerprint density at radius 3 is 2.38 bits per heavy atom. The first-order valence-corrected chi connectivity index (χ1v) is 10.7. The van der Waals surface area contributed by atoms with E-state index in [0.29, 0.717) is 47.1 Å². The maximum Gasteiger partial charge on any atom is 0.251 e. The highest BCUT2D eigenvalue weighted by atomic mass is 19.1. The minimum absolute atomic E-state index is 0.163. The molecule has 2 aromatic carbocycles. The van der Waals surface area contributed by atoms with Gasteiger partial charge >= 0.3 is 0 Å². The van der Waals surface area contributed by atoms with Crippen molar-refractivity contribution in [1.82, 2.24) is 10.3 Å². The summed E-state index contributed by atoms with van der Waals surface area (Å²) >= 11 is 0. The molecule has 7 nitrogen and oxygen atoms in total. The van der Waals surface area contributed by atoms with Crippen LogP contribution in [0.1, 0.15) is 32.0 Å². The second-order valence-corrected chi connectivity index (χ2v) is 7.64. The molecule has 0 spiro atoms. The molecule has 0 aliphatic carbocycles. The largest absolute Gasteiger partial charge is 0.494 e. The van der Waals surface area contributed by atoms with Crippen LogP contribution in [-0.2, 0) is 4.74 Å². The number of aromatic nitrogens is 1. The molecule has 0 radical (unpaired) electrons. The monoisotopic (exact) mass is 466 g/mol. The lowest BCUT2D eigenvalue weighted by molar-refractivity contribution is 0.0902. The molecule has 3 rings (SSSR count). The Morgan fingerprint density at radius 2 is 1.71 bits per heavy atom. The summed E-state index contributed by atoms with van der Waals surface area (Å²) < 4.78 is 29.6. The Kier molecular flexibility index (Phi) is 8.32. The van der Waals surface area contributed by atoms with Crippen LogP contribution < -0.4 is 14.8 Å². The Balaban J connectivity index is 1.70. The zero-order chi connectivity index (χ0) is 24.7. The first-order valence-electron chi connectivity index (χ1n) is 10.7. The molecule has 1 N–H and O–H groups in total. The van der Waals surface area contributed by atoms with Gasteiger partial charge in [-0.1, -0.05) is 0 Å². The van der Waals surface area contributed by atoms with Gasteiger partial charge in [0.1, 0.15) is 35.3 Å². The van der Waals surface area contributed by atoms with Gasteiger partial charge in [0, 0.05) is 18.2 Å². The van der Waals surface area contributed by atoms with Crippen molar-refractivity contribution in [3.8, 4) is 22.8 Å². The highest BCUT2D eigenvalue weighted by Crippen LogP contribution is 2.29. The average Bonchev–Trinajstić information content (AvgIpc) is 2.84. The average molecular weight is 467 g/mol. The van der Waals surface area contributed by atoms with Crippen LogP contribution in [0.3, 0.4) is 0 Å². The number of nitrogens with zero attached hydrogens (tertiary/aromatic N) is 1. The topological polar surface area (TPSA) is 86.8 Å². The maximum atomic E-state index is 13.7. The van der Waals surface area contributed by atoms with Crippen molar-refractivity contribution >= 4 is 11.7 Å². The Labute approximate surface area is 197 Å². The first kappa shape index (κ1) is 24.9. The number of hydrogen-bond acceptors (Lipinski definition) is 6. The molecule has 1 aromatic heterocycles. The molecule has 0 saturated heterocycles. The molecule has 0 atom stereocenters. The zero-order valence-electron chi connectivity index (χ0n) is 19.6. The second kappa shape index (κ2) is 11.4. The molecule has 8 heteroatoms. The summed E-state index contributed by atoms with van der Waals surface area (Å²) in [7, 11) is 3.09. The van der Waals surface area contributed by atoms with E-state index in [9.17, 15) is 14.0 Å². The fourth-order valence-electron chi connectivity index (χ4n) is 3.31. The van der Waals surface area contributed by atoms with Crippen molar-refractivity contribution in [1.29, 1.82) is 0 Å². The summed E-state index contributed by atoms with van der Waals surface area (Å²) in [5.41, 5.74) is 2.87. The molecule has 0 unspecified atom stereocenters. The molecule has 0 bridgehead atoms. The number of amides is 1. The highest BCUT2D eigenvalue weighted by molar-refractivity contribution is 6.01. The van der Waals surface area contributed by atoms with E-state index in [2.05, 4.69) is 10.3 Å². The molecule has 0 fully saturated rings. The van der Waals surface area contributed by atoms with Gasteiger partial charge in [0.2, 0.25) is 0 Å². The van der Waals surface area contributed by atoms with E-state index in [0.717, 1.165) is 5.56 Å². The van der Waals surface area contributed by atoms with E-state index < -0.39 is 0 Å². The molecular formula is C26H27FN2O5. The van der Waals surface area contributed by atoms with Gasteiger partial charge in [-0.2, -0.15) is 0 Å². The van der Waals surface area contributed by atoms with Gasteiger partial charge in [0.25, 0.3) is 5.91 Å². The Morgan fingerprint density at radius 1 is 0.941 bits per heavy atom. The number of methoxy groups -OCH3 is 2. The van der Waals surface area contributed by atoms with Crippen LogP contribution in [-0.4, -0.2) is 50.7 Å². The van der Waals surface area contributed by atoms with Crippen LogP contribution in [0.4, 0.5) is 4.39 Å². The van der Waals surface area contributed by atoms with Crippen LogP contribution in [0, 0.1) is 19.7 Å². The third-order valence-corrected chi connectivity index (χ3v) is 5.19. The fourth-order valence-corrected chi connectivity index (χ4v) is 3.31. The summed E-state index contributed by atoms with van der Waals surface area (Å²) in [5.74, 6) is 0.0307. The van der Waals surface area contributed by atoms with Gasteiger partial charge in [-0.15, -0.1) is 0 Å². The zero-order valence-corrected chi connectivity index (χ0v) is 19.6. The molecule has 1 heterocycles. The molecule has 0 saturated carbocycles. The number of nitrogens with one attached hydrogen (secondary N) is 1. The smallest absolute Gasteiger partial charge is 0.251 e. The third-order valence-electron chi connectivity index (χ3n) is 5.19. The van der Waals surface area contributed by atoms with Crippen molar-refractivity contribution in [2.45, 2.75) is 13.8 Å². The number of ketones is 1. The van der Waals surface area contributed by atoms with Gasteiger partial charge < -0.3 is 19.5 Å². The van der Waals surface area contributed by atoms with Crippen LogP contribution in [0.5, 0.6) is 11.5 Å². The van der Waals surface area contributed by atoms with E-state index >= 15 is 0 Å². The van der Waals surface area contributed by atoms with Crippen molar-refractivity contribution in [3.63, 3.8) is 0 Å². The number of halogens is 1. The predicted octanol–water partition coefficient (Wildman–Crippen LogP) is 4.15. The Hall–Kier alpha value is -3.78. The van der Waals surface area contributed by atoms with Gasteiger partial charge in [-0.3, -0.25) is 9.59 Å². The number of hydrogen-bond donors (Lipinski definition) is 1. The van der Waals surface area contributed by atoms with Crippen LogP contribution in [0.25, 0.3) is 11.3 Å². The van der Waals surface area contributed by atoms with Gasteiger partial charge in [0.05, 0.1) is 20.3 Å². The van der Waals surface area contributed by atoms with E-state index in [4.69, 9.17) is 14.2 Å². The number of Topliss-reactive ketones (excluding diaryl/α,β-unsaturated/α-hetero) is 1. The second-order valence-electron chi connectivity index (χ2n) is 7.64. The number of aryl methyl sites for hydroxylation is 2.